The van der Waals surface area contributed by atoms with E-state index in [4.69, 9.17) is 4.74 Å². The number of carbonyl (C=O) groups is 1. The fourth-order valence-electron chi connectivity index (χ4n) is 2.92. The standard InChI is InChI=1S/C13H16N2O2/c1-9-3-2-4-10-11(9)13(17-12(16)15-10)5-7-14-8-6-13/h2-4,14H,5-8H2,1H3,(H,15,16). The van der Waals surface area contributed by atoms with E-state index < -0.39 is 5.60 Å². The van der Waals surface area contributed by atoms with Crippen LogP contribution < -0.4 is 10.6 Å². The maximum absolute atomic E-state index is 11.7. The molecule has 3 rings (SSSR count). The topological polar surface area (TPSA) is 50.4 Å². The third-order valence-corrected chi connectivity index (χ3v) is 3.66. The first-order chi connectivity index (χ1) is 8.21. The van der Waals surface area contributed by atoms with Gasteiger partial charge in [0.15, 0.2) is 0 Å². The van der Waals surface area contributed by atoms with Gasteiger partial charge >= 0.3 is 6.09 Å². The summed E-state index contributed by atoms with van der Waals surface area (Å²) >= 11 is 0. The Kier molecular flexibility index (Phi) is 2.33. The summed E-state index contributed by atoms with van der Waals surface area (Å²) in [6, 6.07) is 5.99. The van der Waals surface area contributed by atoms with Crippen LogP contribution in [0.25, 0.3) is 0 Å². The van der Waals surface area contributed by atoms with E-state index in [1.807, 2.05) is 12.1 Å². The van der Waals surface area contributed by atoms with Crippen LogP contribution in [0.3, 0.4) is 0 Å². The summed E-state index contributed by atoms with van der Waals surface area (Å²) in [6.07, 6.45) is 1.36. The maximum Gasteiger partial charge on any atom is 0.412 e. The number of piperidine rings is 1. The fourth-order valence-corrected chi connectivity index (χ4v) is 2.92. The molecule has 90 valence electrons. The van der Waals surface area contributed by atoms with Gasteiger partial charge in [-0.05, 0) is 31.6 Å². The summed E-state index contributed by atoms with van der Waals surface area (Å²) in [4.78, 5) is 11.7. The molecule has 2 aliphatic heterocycles. The molecule has 0 saturated carbocycles. The molecule has 2 N–H and O–H groups in total. The van der Waals surface area contributed by atoms with Gasteiger partial charge in [-0.15, -0.1) is 0 Å². The van der Waals surface area contributed by atoms with Crippen LogP contribution in [0, 0.1) is 6.92 Å². The van der Waals surface area contributed by atoms with Gasteiger partial charge in [0.1, 0.15) is 5.60 Å². The zero-order chi connectivity index (χ0) is 11.9. The largest absolute Gasteiger partial charge is 0.438 e. The fraction of sp³-hybridized carbons (Fsp3) is 0.462. The average molecular weight is 232 g/mol. The summed E-state index contributed by atoms with van der Waals surface area (Å²) in [5.41, 5.74) is 2.82. The summed E-state index contributed by atoms with van der Waals surface area (Å²) in [6.45, 7) is 3.85. The van der Waals surface area contributed by atoms with Crippen molar-refractivity contribution in [3.63, 3.8) is 0 Å². The van der Waals surface area contributed by atoms with Gasteiger partial charge < -0.3 is 10.1 Å². The molecule has 0 bridgehead atoms. The summed E-state index contributed by atoms with van der Waals surface area (Å²) in [5.74, 6) is 0. The Labute approximate surface area is 100 Å². The van der Waals surface area contributed by atoms with Crippen molar-refractivity contribution >= 4 is 11.8 Å². The maximum atomic E-state index is 11.7. The van der Waals surface area contributed by atoms with Gasteiger partial charge in [0.2, 0.25) is 0 Å². The number of fused-ring (bicyclic) bond motifs is 2. The summed E-state index contributed by atoms with van der Waals surface area (Å²) in [5, 5.41) is 6.10. The van der Waals surface area contributed by atoms with E-state index in [0.717, 1.165) is 37.2 Å². The highest BCUT2D eigenvalue weighted by atomic mass is 16.6. The second kappa shape index (κ2) is 3.74. The van der Waals surface area contributed by atoms with E-state index in [0.29, 0.717) is 0 Å². The zero-order valence-corrected chi connectivity index (χ0v) is 9.88. The summed E-state index contributed by atoms with van der Waals surface area (Å²) in [7, 11) is 0. The molecule has 1 fully saturated rings. The lowest BCUT2D eigenvalue weighted by Crippen LogP contribution is -2.47. The lowest BCUT2D eigenvalue weighted by molar-refractivity contribution is -0.0130. The molecule has 0 radical (unpaired) electrons. The number of hydrogen-bond donors (Lipinski definition) is 2. The number of carbonyl (C=O) groups excluding carboxylic acids is 1. The van der Waals surface area contributed by atoms with Crippen LogP contribution in [0.15, 0.2) is 18.2 Å². The Morgan fingerprint density at radius 2 is 2.06 bits per heavy atom. The van der Waals surface area contributed by atoms with Crippen molar-refractivity contribution in [2.75, 3.05) is 18.4 Å². The first kappa shape index (κ1) is 10.6. The number of nitrogens with one attached hydrogen (secondary N) is 2. The molecule has 17 heavy (non-hydrogen) atoms. The van der Waals surface area contributed by atoms with Crippen LogP contribution >= 0.6 is 0 Å². The van der Waals surface area contributed by atoms with Gasteiger partial charge in [-0.25, -0.2) is 4.79 Å². The zero-order valence-electron chi connectivity index (χ0n) is 9.88. The van der Waals surface area contributed by atoms with E-state index in [9.17, 15) is 4.79 Å². The number of rotatable bonds is 0. The van der Waals surface area contributed by atoms with Crippen LogP contribution in [0.5, 0.6) is 0 Å². The van der Waals surface area contributed by atoms with Gasteiger partial charge in [-0.2, -0.15) is 0 Å². The molecule has 4 heteroatoms. The molecule has 1 aromatic rings. The highest BCUT2D eigenvalue weighted by molar-refractivity contribution is 5.89. The predicted molar refractivity (Wildman–Crippen MR) is 65.1 cm³/mol. The van der Waals surface area contributed by atoms with E-state index >= 15 is 0 Å². The number of aryl methyl sites for hydroxylation is 1. The van der Waals surface area contributed by atoms with Gasteiger partial charge in [-0.3, -0.25) is 5.32 Å². The molecule has 0 atom stereocenters. The number of benzene rings is 1. The highest BCUT2D eigenvalue weighted by Crippen LogP contribution is 2.43. The van der Waals surface area contributed by atoms with Gasteiger partial charge in [0, 0.05) is 18.4 Å². The quantitative estimate of drug-likeness (QED) is 0.720. The van der Waals surface area contributed by atoms with Gasteiger partial charge in [0.25, 0.3) is 0 Å². The molecule has 1 aromatic carbocycles. The van der Waals surface area contributed by atoms with Crippen LogP contribution in [0.2, 0.25) is 0 Å². The lowest BCUT2D eigenvalue weighted by Gasteiger charge is -2.42. The molecule has 2 aliphatic rings. The molecule has 0 unspecified atom stereocenters. The normalized spacial score (nSPS) is 21.6. The van der Waals surface area contributed by atoms with Crippen molar-refractivity contribution in [3.8, 4) is 0 Å². The Morgan fingerprint density at radius 1 is 1.29 bits per heavy atom. The minimum atomic E-state index is -0.422. The Hall–Kier alpha value is -1.55. The molecule has 2 heterocycles. The molecule has 0 aromatic heterocycles. The van der Waals surface area contributed by atoms with Crippen molar-refractivity contribution in [2.24, 2.45) is 0 Å². The van der Waals surface area contributed by atoms with E-state index in [1.165, 1.54) is 5.56 Å². The number of ether oxygens (including phenoxy) is 1. The van der Waals surface area contributed by atoms with E-state index in [2.05, 4.69) is 23.6 Å². The Balaban J connectivity index is 2.15. The molecular weight excluding hydrogens is 216 g/mol. The van der Waals surface area contributed by atoms with Crippen molar-refractivity contribution < 1.29 is 9.53 Å². The van der Waals surface area contributed by atoms with Gasteiger partial charge in [-0.1, -0.05) is 12.1 Å². The minimum absolute atomic E-state index is 0.329. The first-order valence-electron chi connectivity index (χ1n) is 6.02. The Morgan fingerprint density at radius 3 is 2.82 bits per heavy atom. The molecule has 0 aliphatic carbocycles. The highest BCUT2D eigenvalue weighted by Gasteiger charge is 2.43. The smallest absolute Gasteiger partial charge is 0.412 e. The summed E-state index contributed by atoms with van der Waals surface area (Å²) < 4.78 is 5.63. The second-order valence-corrected chi connectivity index (χ2v) is 4.76. The predicted octanol–water partition coefficient (Wildman–Crippen LogP) is 2.14. The first-order valence-corrected chi connectivity index (χ1v) is 6.02. The van der Waals surface area contributed by atoms with E-state index in [1.54, 1.807) is 0 Å². The van der Waals surface area contributed by atoms with Crippen molar-refractivity contribution in [3.05, 3.63) is 29.3 Å². The number of amides is 1. The number of hydrogen-bond acceptors (Lipinski definition) is 3. The molecule has 1 amide bonds. The molecular formula is C13H16N2O2. The molecule has 1 saturated heterocycles. The van der Waals surface area contributed by atoms with Crippen molar-refractivity contribution in [1.29, 1.82) is 0 Å². The van der Waals surface area contributed by atoms with E-state index in [-0.39, 0.29) is 6.09 Å². The average Bonchev–Trinajstić information content (AvgIpc) is 2.29. The minimum Gasteiger partial charge on any atom is -0.438 e. The SMILES string of the molecule is Cc1cccc2c1C1(CCNCC1)OC(=O)N2. The van der Waals surface area contributed by atoms with Crippen molar-refractivity contribution in [2.45, 2.75) is 25.4 Å². The van der Waals surface area contributed by atoms with Crippen LogP contribution in [0.1, 0.15) is 24.0 Å². The van der Waals surface area contributed by atoms with Crippen LogP contribution in [-0.2, 0) is 10.3 Å². The van der Waals surface area contributed by atoms with Crippen molar-refractivity contribution in [1.82, 2.24) is 5.32 Å². The lowest BCUT2D eigenvalue weighted by atomic mass is 9.80. The third-order valence-electron chi connectivity index (χ3n) is 3.66. The molecule has 1 spiro atoms. The van der Waals surface area contributed by atoms with Crippen LogP contribution in [0.4, 0.5) is 10.5 Å². The monoisotopic (exact) mass is 232 g/mol. The second-order valence-electron chi connectivity index (χ2n) is 4.76. The third kappa shape index (κ3) is 1.60. The number of anilines is 1. The Bertz CT molecular complexity index is 464. The van der Waals surface area contributed by atoms with Gasteiger partial charge in [0.05, 0.1) is 5.69 Å². The van der Waals surface area contributed by atoms with Crippen LogP contribution in [-0.4, -0.2) is 19.2 Å². The molecule has 4 nitrogen and oxygen atoms in total.